The number of fused-ring (bicyclic) bond motifs is 1. The van der Waals surface area contributed by atoms with E-state index in [1.165, 1.54) is 17.2 Å². The van der Waals surface area contributed by atoms with Gasteiger partial charge in [0, 0.05) is 11.4 Å². The summed E-state index contributed by atoms with van der Waals surface area (Å²) < 4.78 is 0. The fraction of sp³-hybridized carbons (Fsp3) is 0.353. The Morgan fingerprint density at radius 2 is 1.95 bits per heavy atom. The maximum Gasteiger partial charge on any atom is 0.161 e. The summed E-state index contributed by atoms with van der Waals surface area (Å²) in [6.45, 7) is 4.50. The number of nitrogens with zero attached hydrogens (tertiary/aromatic N) is 1. The van der Waals surface area contributed by atoms with Crippen LogP contribution in [-0.2, 0) is 0 Å². The molecule has 0 aromatic heterocycles. The van der Waals surface area contributed by atoms with Crippen molar-refractivity contribution in [3.63, 3.8) is 0 Å². The largest absolute Gasteiger partial charge is 0.335 e. The second kappa shape index (κ2) is 5.88. The second-order valence-corrected chi connectivity index (χ2v) is 6.65. The van der Waals surface area contributed by atoms with E-state index < -0.39 is 0 Å². The van der Waals surface area contributed by atoms with Crippen molar-refractivity contribution in [2.45, 2.75) is 26.3 Å². The van der Waals surface area contributed by atoms with E-state index in [0.717, 1.165) is 16.6 Å². The molecule has 1 aliphatic rings. The van der Waals surface area contributed by atoms with Crippen molar-refractivity contribution in [1.29, 1.82) is 0 Å². The van der Waals surface area contributed by atoms with Crippen LogP contribution in [0.5, 0.6) is 0 Å². The zero-order valence-corrected chi connectivity index (χ0v) is 12.8. The summed E-state index contributed by atoms with van der Waals surface area (Å²) in [5, 5.41) is 7.07. The number of hydrogen-bond donors (Lipinski definition) is 1. The van der Waals surface area contributed by atoms with Crippen LogP contribution in [-0.4, -0.2) is 17.0 Å². The van der Waals surface area contributed by atoms with E-state index in [2.05, 4.69) is 61.6 Å². The topological polar surface area (TPSA) is 24.4 Å². The Kier molecular flexibility index (Phi) is 3.97. The highest BCUT2D eigenvalue weighted by molar-refractivity contribution is 8.14. The Labute approximate surface area is 124 Å². The summed E-state index contributed by atoms with van der Waals surface area (Å²) >= 11 is 1.82. The van der Waals surface area contributed by atoms with Gasteiger partial charge in [0.1, 0.15) is 0 Å². The highest BCUT2D eigenvalue weighted by atomic mass is 32.2. The maximum absolute atomic E-state index is 4.83. The molecule has 0 radical (unpaired) electrons. The molecule has 0 saturated heterocycles. The lowest BCUT2D eigenvalue weighted by Gasteiger charge is -2.23. The minimum absolute atomic E-state index is 0.458. The van der Waals surface area contributed by atoms with Gasteiger partial charge in [-0.3, -0.25) is 4.99 Å². The van der Waals surface area contributed by atoms with Gasteiger partial charge < -0.3 is 5.32 Å². The van der Waals surface area contributed by atoms with Crippen molar-refractivity contribution < 1.29 is 0 Å². The molecule has 2 nitrogen and oxygen atoms in total. The van der Waals surface area contributed by atoms with Gasteiger partial charge in [-0.05, 0) is 35.2 Å². The average Bonchev–Trinajstić information content (AvgIpc) is 2.47. The molecule has 1 N–H and O–H groups in total. The first kappa shape index (κ1) is 13.5. The third-order valence-corrected chi connectivity index (χ3v) is 4.63. The number of anilines is 1. The van der Waals surface area contributed by atoms with E-state index in [-0.39, 0.29) is 0 Å². The van der Waals surface area contributed by atoms with Gasteiger partial charge in [0.05, 0.1) is 6.04 Å². The standard InChI is InChI=1S/C17H20N2S/c1-12(2)16-9-10-20-17(19-16)18-15-8-7-13-5-3-4-6-14(13)11-15/h3-8,11-12,16H,9-10H2,1-2H3,(H,18,19). The maximum atomic E-state index is 4.83. The van der Waals surface area contributed by atoms with Gasteiger partial charge in [0.2, 0.25) is 0 Å². The van der Waals surface area contributed by atoms with Crippen LogP contribution < -0.4 is 5.32 Å². The Morgan fingerprint density at radius 3 is 2.75 bits per heavy atom. The van der Waals surface area contributed by atoms with Crippen molar-refractivity contribution in [2.24, 2.45) is 10.9 Å². The number of benzene rings is 2. The summed E-state index contributed by atoms with van der Waals surface area (Å²) in [5.74, 6) is 1.77. The highest BCUT2D eigenvalue weighted by Crippen LogP contribution is 2.25. The fourth-order valence-corrected chi connectivity index (χ4v) is 3.42. The zero-order valence-electron chi connectivity index (χ0n) is 12.0. The minimum Gasteiger partial charge on any atom is -0.335 e. The van der Waals surface area contributed by atoms with Crippen LogP contribution in [0.4, 0.5) is 5.69 Å². The van der Waals surface area contributed by atoms with E-state index in [9.17, 15) is 0 Å². The molecule has 1 aliphatic heterocycles. The molecule has 3 rings (SSSR count). The van der Waals surface area contributed by atoms with Crippen LogP contribution in [0.25, 0.3) is 10.8 Å². The molecule has 2 aromatic carbocycles. The zero-order chi connectivity index (χ0) is 13.9. The van der Waals surface area contributed by atoms with Gasteiger partial charge in [-0.2, -0.15) is 0 Å². The molecule has 0 spiro atoms. The Balaban J connectivity index is 1.82. The molecule has 0 aliphatic carbocycles. The van der Waals surface area contributed by atoms with Gasteiger partial charge in [-0.15, -0.1) is 0 Å². The van der Waals surface area contributed by atoms with Gasteiger partial charge in [0.15, 0.2) is 5.17 Å². The molecule has 0 amide bonds. The van der Waals surface area contributed by atoms with Gasteiger partial charge in [-0.1, -0.05) is 55.9 Å². The molecule has 1 unspecified atom stereocenters. The third-order valence-electron chi connectivity index (χ3n) is 3.71. The van der Waals surface area contributed by atoms with E-state index in [0.29, 0.717) is 12.0 Å². The van der Waals surface area contributed by atoms with Crippen molar-refractivity contribution in [1.82, 2.24) is 0 Å². The van der Waals surface area contributed by atoms with Crippen LogP contribution in [0, 0.1) is 5.92 Å². The molecule has 0 bridgehead atoms. The average molecular weight is 284 g/mol. The van der Waals surface area contributed by atoms with E-state index in [1.54, 1.807) is 0 Å². The van der Waals surface area contributed by atoms with E-state index in [1.807, 2.05) is 11.8 Å². The van der Waals surface area contributed by atoms with E-state index in [4.69, 9.17) is 4.99 Å². The summed E-state index contributed by atoms with van der Waals surface area (Å²) in [6, 6.07) is 15.4. The number of aliphatic imine (C=N–C) groups is 1. The van der Waals surface area contributed by atoms with Gasteiger partial charge in [-0.25, -0.2) is 0 Å². The van der Waals surface area contributed by atoms with Gasteiger partial charge in [0.25, 0.3) is 0 Å². The summed E-state index contributed by atoms with van der Waals surface area (Å²) in [5.41, 5.74) is 1.12. The first-order valence-electron chi connectivity index (χ1n) is 7.19. The van der Waals surface area contributed by atoms with Crippen LogP contribution >= 0.6 is 11.8 Å². The molecule has 1 heterocycles. The van der Waals surface area contributed by atoms with Crippen molar-refractivity contribution in [2.75, 3.05) is 11.1 Å². The SMILES string of the molecule is CC(C)C1CCSC(Nc2ccc3ccccc3c2)=N1. The number of hydrogen-bond acceptors (Lipinski definition) is 3. The van der Waals surface area contributed by atoms with Crippen molar-refractivity contribution in [3.8, 4) is 0 Å². The van der Waals surface area contributed by atoms with E-state index >= 15 is 0 Å². The normalized spacial score (nSPS) is 19.1. The number of nitrogens with one attached hydrogen (secondary N) is 1. The first-order valence-corrected chi connectivity index (χ1v) is 8.17. The fourth-order valence-electron chi connectivity index (χ4n) is 2.47. The molecule has 0 saturated carbocycles. The molecular weight excluding hydrogens is 264 g/mol. The molecule has 3 heteroatoms. The smallest absolute Gasteiger partial charge is 0.161 e. The summed E-state index contributed by atoms with van der Waals surface area (Å²) in [4.78, 5) is 4.83. The Hall–Kier alpha value is -1.48. The van der Waals surface area contributed by atoms with Crippen molar-refractivity contribution in [3.05, 3.63) is 42.5 Å². The quantitative estimate of drug-likeness (QED) is 0.859. The number of thioether (sulfide) groups is 1. The number of rotatable bonds is 2. The lowest BCUT2D eigenvalue weighted by Crippen LogP contribution is -2.23. The predicted octanol–water partition coefficient (Wildman–Crippen LogP) is 4.77. The molecular formula is C17H20N2S. The van der Waals surface area contributed by atoms with Crippen LogP contribution in [0.3, 0.4) is 0 Å². The van der Waals surface area contributed by atoms with Crippen molar-refractivity contribution >= 4 is 33.4 Å². The van der Waals surface area contributed by atoms with Gasteiger partial charge >= 0.3 is 0 Å². The monoisotopic (exact) mass is 284 g/mol. The molecule has 2 aromatic rings. The minimum atomic E-state index is 0.458. The van der Waals surface area contributed by atoms with Crippen LogP contribution in [0.2, 0.25) is 0 Å². The Morgan fingerprint density at radius 1 is 1.15 bits per heavy atom. The van der Waals surface area contributed by atoms with Crippen LogP contribution in [0.15, 0.2) is 47.5 Å². The highest BCUT2D eigenvalue weighted by Gasteiger charge is 2.18. The summed E-state index contributed by atoms with van der Waals surface area (Å²) in [6.07, 6.45) is 1.19. The Bertz CT molecular complexity index is 634. The van der Waals surface area contributed by atoms with Crippen LogP contribution in [0.1, 0.15) is 20.3 Å². The predicted molar refractivity (Wildman–Crippen MR) is 90.7 cm³/mol. The molecule has 20 heavy (non-hydrogen) atoms. The first-order chi connectivity index (χ1) is 9.72. The molecule has 1 atom stereocenters. The second-order valence-electron chi connectivity index (χ2n) is 5.57. The molecule has 104 valence electrons. The number of amidine groups is 1. The molecule has 0 fully saturated rings. The lowest BCUT2D eigenvalue weighted by molar-refractivity contribution is 0.485. The third kappa shape index (κ3) is 2.98. The lowest BCUT2D eigenvalue weighted by atomic mass is 10.0. The summed E-state index contributed by atoms with van der Waals surface area (Å²) in [7, 11) is 0.